The molecule has 1 aliphatic heterocycles. The molecule has 2 N–H and O–H groups in total. The molecule has 0 aromatic carbocycles. The quantitative estimate of drug-likeness (QED) is 0.802. The number of hydrogen-bond acceptors (Lipinski definition) is 6. The SMILES string of the molecule is COc1ccc(NC(=O)N(CCO)[C@@H]2CCS(=O)(=O)C2)c(C)n1. The summed E-state index contributed by atoms with van der Waals surface area (Å²) in [6, 6.07) is 2.43. The summed E-state index contributed by atoms with van der Waals surface area (Å²) in [6.07, 6.45) is 0.385. The molecule has 0 aliphatic carbocycles. The van der Waals surface area contributed by atoms with Crippen LogP contribution < -0.4 is 10.1 Å². The zero-order chi connectivity index (χ0) is 17.0. The predicted octanol–water partition coefficient (Wildman–Crippen LogP) is 0.412. The highest BCUT2D eigenvalue weighted by molar-refractivity contribution is 7.91. The topological polar surface area (TPSA) is 109 Å². The number of carbonyl (C=O) groups excluding carboxylic acids is 1. The number of aryl methyl sites for hydroxylation is 1. The normalized spacial score (nSPS) is 19.3. The van der Waals surface area contributed by atoms with Crippen LogP contribution in [0.2, 0.25) is 0 Å². The van der Waals surface area contributed by atoms with E-state index in [0.29, 0.717) is 23.7 Å². The van der Waals surface area contributed by atoms with Crippen LogP contribution in [0.1, 0.15) is 12.1 Å². The Morgan fingerprint density at radius 3 is 2.78 bits per heavy atom. The fraction of sp³-hybridized carbons (Fsp3) is 0.571. The number of amides is 2. The summed E-state index contributed by atoms with van der Waals surface area (Å²) < 4.78 is 28.2. The number of aliphatic hydroxyl groups is 1. The van der Waals surface area contributed by atoms with Crippen LogP contribution in [0.3, 0.4) is 0 Å². The summed E-state index contributed by atoms with van der Waals surface area (Å²) in [4.78, 5) is 18.0. The van der Waals surface area contributed by atoms with Crippen LogP contribution in [0, 0.1) is 6.92 Å². The molecule has 2 rings (SSSR count). The molecule has 1 aromatic rings. The molecule has 9 heteroatoms. The number of nitrogens with one attached hydrogen (secondary N) is 1. The molecular formula is C14H21N3O5S. The van der Waals surface area contributed by atoms with Crippen LogP contribution >= 0.6 is 0 Å². The standard InChI is InChI=1S/C14H21N3O5S/c1-10-12(3-4-13(15-10)22-2)16-14(19)17(6-7-18)11-5-8-23(20,21)9-11/h3-4,11,18H,5-9H2,1-2H3,(H,16,19)/t11-/m1/s1. The molecule has 128 valence electrons. The first-order valence-corrected chi connectivity index (χ1v) is 9.09. The third kappa shape index (κ3) is 4.32. The molecule has 1 aromatic heterocycles. The number of pyridine rings is 1. The summed E-state index contributed by atoms with van der Waals surface area (Å²) in [5.74, 6) is 0.436. The lowest BCUT2D eigenvalue weighted by atomic mass is 10.2. The van der Waals surface area contributed by atoms with E-state index in [9.17, 15) is 13.2 Å². The monoisotopic (exact) mass is 343 g/mol. The number of aromatic nitrogens is 1. The van der Waals surface area contributed by atoms with Crippen LogP contribution in [0.15, 0.2) is 12.1 Å². The van der Waals surface area contributed by atoms with Crippen LogP contribution in [0.25, 0.3) is 0 Å². The molecular weight excluding hydrogens is 322 g/mol. The summed E-state index contributed by atoms with van der Waals surface area (Å²) in [5.41, 5.74) is 1.10. The lowest BCUT2D eigenvalue weighted by Crippen LogP contribution is -2.45. The van der Waals surface area contributed by atoms with Gasteiger partial charge in [-0.25, -0.2) is 18.2 Å². The Kier molecular flexibility index (Phi) is 5.42. The van der Waals surface area contributed by atoms with E-state index < -0.39 is 21.9 Å². The van der Waals surface area contributed by atoms with Gasteiger partial charge in [-0.1, -0.05) is 0 Å². The average molecular weight is 343 g/mol. The zero-order valence-electron chi connectivity index (χ0n) is 13.2. The molecule has 0 saturated carbocycles. The summed E-state index contributed by atoms with van der Waals surface area (Å²) in [7, 11) is -1.61. The predicted molar refractivity (Wildman–Crippen MR) is 85.4 cm³/mol. The molecule has 1 atom stereocenters. The van der Waals surface area contributed by atoms with E-state index in [1.165, 1.54) is 12.0 Å². The Morgan fingerprint density at radius 2 is 2.26 bits per heavy atom. The second-order valence-electron chi connectivity index (χ2n) is 5.39. The number of methoxy groups -OCH3 is 1. The van der Waals surface area contributed by atoms with Crippen molar-refractivity contribution in [1.29, 1.82) is 0 Å². The van der Waals surface area contributed by atoms with Gasteiger partial charge in [0.1, 0.15) is 0 Å². The maximum atomic E-state index is 12.5. The third-order valence-corrected chi connectivity index (χ3v) is 5.51. The van der Waals surface area contributed by atoms with Crippen molar-refractivity contribution in [2.24, 2.45) is 0 Å². The van der Waals surface area contributed by atoms with Gasteiger partial charge >= 0.3 is 6.03 Å². The van der Waals surface area contributed by atoms with E-state index in [4.69, 9.17) is 9.84 Å². The lowest BCUT2D eigenvalue weighted by Gasteiger charge is -2.27. The first kappa shape index (κ1) is 17.5. The molecule has 2 heterocycles. The van der Waals surface area contributed by atoms with Crippen molar-refractivity contribution in [2.45, 2.75) is 19.4 Å². The van der Waals surface area contributed by atoms with Crippen molar-refractivity contribution in [2.75, 3.05) is 37.1 Å². The van der Waals surface area contributed by atoms with Gasteiger partial charge in [0, 0.05) is 18.7 Å². The van der Waals surface area contributed by atoms with Gasteiger partial charge in [0.25, 0.3) is 0 Å². The summed E-state index contributed by atoms with van der Waals surface area (Å²) >= 11 is 0. The van der Waals surface area contributed by atoms with E-state index >= 15 is 0 Å². The fourth-order valence-electron chi connectivity index (χ4n) is 2.55. The first-order valence-electron chi connectivity index (χ1n) is 7.27. The third-order valence-electron chi connectivity index (χ3n) is 3.76. The molecule has 8 nitrogen and oxygen atoms in total. The van der Waals surface area contributed by atoms with Crippen molar-refractivity contribution < 1.29 is 23.1 Å². The number of ether oxygens (including phenoxy) is 1. The molecule has 0 spiro atoms. The maximum absolute atomic E-state index is 12.5. The number of urea groups is 1. The highest BCUT2D eigenvalue weighted by Crippen LogP contribution is 2.21. The van der Waals surface area contributed by atoms with Crippen LogP contribution in [0.5, 0.6) is 5.88 Å². The molecule has 0 radical (unpaired) electrons. The molecule has 0 bridgehead atoms. The van der Waals surface area contributed by atoms with Gasteiger partial charge in [0.2, 0.25) is 5.88 Å². The molecule has 23 heavy (non-hydrogen) atoms. The van der Waals surface area contributed by atoms with E-state index in [1.807, 2.05) is 0 Å². The van der Waals surface area contributed by atoms with E-state index in [0.717, 1.165) is 0 Å². The van der Waals surface area contributed by atoms with Crippen molar-refractivity contribution in [1.82, 2.24) is 9.88 Å². The van der Waals surface area contributed by atoms with Gasteiger partial charge in [-0.15, -0.1) is 0 Å². The molecule has 0 unspecified atom stereocenters. The van der Waals surface area contributed by atoms with Gasteiger partial charge in [0.15, 0.2) is 9.84 Å². The van der Waals surface area contributed by atoms with Crippen LogP contribution in [0.4, 0.5) is 10.5 Å². The van der Waals surface area contributed by atoms with E-state index in [-0.39, 0.29) is 24.7 Å². The molecule has 1 fully saturated rings. The van der Waals surface area contributed by atoms with Gasteiger partial charge in [-0.3, -0.25) is 0 Å². The molecule has 1 aliphatic rings. The van der Waals surface area contributed by atoms with Crippen LogP contribution in [-0.2, 0) is 9.84 Å². The minimum atomic E-state index is -3.11. The number of anilines is 1. The highest BCUT2D eigenvalue weighted by Gasteiger charge is 2.34. The minimum Gasteiger partial charge on any atom is -0.481 e. The van der Waals surface area contributed by atoms with Crippen LogP contribution in [-0.4, -0.2) is 67.2 Å². The first-order chi connectivity index (χ1) is 10.9. The van der Waals surface area contributed by atoms with E-state index in [1.54, 1.807) is 19.1 Å². The fourth-order valence-corrected chi connectivity index (χ4v) is 4.28. The van der Waals surface area contributed by atoms with Gasteiger partial charge < -0.3 is 20.1 Å². The minimum absolute atomic E-state index is 0.0655. The van der Waals surface area contributed by atoms with Gasteiger partial charge in [-0.05, 0) is 19.4 Å². The number of nitrogens with zero attached hydrogens (tertiary/aromatic N) is 2. The Morgan fingerprint density at radius 1 is 1.52 bits per heavy atom. The molecule has 2 amide bonds. The zero-order valence-corrected chi connectivity index (χ0v) is 14.0. The molecule has 1 saturated heterocycles. The van der Waals surface area contributed by atoms with Crippen molar-refractivity contribution >= 4 is 21.6 Å². The second-order valence-corrected chi connectivity index (χ2v) is 7.62. The van der Waals surface area contributed by atoms with Crippen molar-refractivity contribution in [3.63, 3.8) is 0 Å². The number of carbonyl (C=O) groups is 1. The summed E-state index contributed by atoms with van der Waals surface area (Å²) in [6.45, 7) is 1.58. The Balaban J connectivity index is 2.12. The van der Waals surface area contributed by atoms with E-state index in [2.05, 4.69) is 10.3 Å². The van der Waals surface area contributed by atoms with Crippen molar-refractivity contribution in [3.8, 4) is 5.88 Å². The van der Waals surface area contributed by atoms with Gasteiger partial charge in [0.05, 0.1) is 36.6 Å². The smallest absolute Gasteiger partial charge is 0.322 e. The average Bonchev–Trinajstić information content (AvgIpc) is 2.86. The Labute approximate surface area is 135 Å². The lowest BCUT2D eigenvalue weighted by molar-refractivity contribution is 0.169. The number of hydrogen-bond donors (Lipinski definition) is 2. The summed E-state index contributed by atoms with van der Waals surface area (Å²) in [5, 5.41) is 11.9. The highest BCUT2D eigenvalue weighted by atomic mass is 32.2. The van der Waals surface area contributed by atoms with Crippen molar-refractivity contribution in [3.05, 3.63) is 17.8 Å². The second kappa shape index (κ2) is 7.14. The Bertz CT molecular complexity index is 677. The largest absolute Gasteiger partial charge is 0.481 e. The maximum Gasteiger partial charge on any atom is 0.322 e. The van der Waals surface area contributed by atoms with Gasteiger partial charge in [-0.2, -0.15) is 0 Å². The number of rotatable bonds is 5. The Hall–Kier alpha value is -1.87. The number of aliphatic hydroxyl groups excluding tert-OH is 1. The number of sulfone groups is 1.